The first-order valence-electron chi connectivity index (χ1n) is 7.93. The monoisotopic (exact) mass is 387 g/mol. The van der Waals surface area contributed by atoms with Gasteiger partial charge in [0.15, 0.2) is 17.2 Å². The minimum atomic E-state index is -0.875. The highest BCUT2D eigenvalue weighted by atomic mass is 35.5. The number of rotatable bonds is 4. The Morgan fingerprint density at radius 2 is 1.93 bits per heavy atom. The molecule has 136 valence electrons. The van der Waals surface area contributed by atoms with Gasteiger partial charge in [0.05, 0.1) is 12.3 Å². The summed E-state index contributed by atoms with van der Waals surface area (Å²) >= 11 is 6.24. The van der Waals surface area contributed by atoms with E-state index in [4.69, 9.17) is 16.3 Å². The third-order valence-corrected chi connectivity index (χ3v) is 4.33. The fourth-order valence-corrected chi connectivity index (χ4v) is 2.93. The Labute approximate surface area is 157 Å². The number of nitrogens with zero attached hydrogens (tertiary/aromatic N) is 2. The molecule has 0 aliphatic heterocycles. The summed E-state index contributed by atoms with van der Waals surface area (Å²) in [4.78, 5) is 4.25. The number of nitrogens with one attached hydrogen (secondary N) is 1. The number of halogens is 3. The lowest BCUT2D eigenvalue weighted by molar-refractivity contribution is 0.274. The average Bonchev–Trinajstić information content (AvgIpc) is 3.06. The summed E-state index contributed by atoms with van der Waals surface area (Å²) in [5.41, 5.74) is 1.99. The maximum absolute atomic E-state index is 13.9. The molecule has 2 aromatic carbocycles. The molecule has 0 saturated carbocycles. The molecule has 8 heteroatoms. The molecule has 0 spiro atoms. The van der Waals surface area contributed by atoms with E-state index in [9.17, 15) is 13.9 Å². The molecule has 2 heterocycles. The van der Waals surface area contributed by atoms with Crippen LogP contribution < -0.4 is 4.74 Å². The minimum Gasteiger partial charge on any atom is -0.435 e. The van der Waals surface area contributed by atoms with Crippen LogP contribution in [-0.2, 0) is 6.61 Å². The zero-order valence-corrected chi connectivity index (χ0v) is 14.5. The lowest BCUT2D eigenvalue weighted by atomic mass is 10.1. The molecular weight excluding hydrogens is 376 g/mol. The number of aromatic nitrogens is 3. The highest BCUT2D eigenvalue weighted by Gasteiger charge is 2.17. The van der Waals surface area contributed by atoms with Gasteiger partial charge in [-0.05, 0) is 24.3 Å². The smallest absolute Gasteiger partial charge is 0.227 e. The Kier molecular flexibility index (Phi) is 4.47. The molecule has 5 nitrogen and oxygen atoms in total. The molecule has 0 radical (unpaired) electrons. The van der Waals surface area contributed by atoms with Crippen molar-refractivity contribution in [3.8, 4) is 22.9 Å². The van der Waals surface area contributed by atoms with Crippen LogP contribution >= 0.6 is 11.6 Å². The first-order valence-corrected chi connectivity index (χ1v) is 8.31. The van der Waals surface area contributed by atoms with Gasteiger partial charge in [0, 0.05) is 27.6 Å². The van der Waals surface area contributed by atoms with E-state index in [1.807, 2.05) is 18.2 Å². The van der Waals surface area contributed by atoms with Crippen molar-refractivity contribution in [2.75, 3.05) is 0 Å². The number of aliphatic hydroxyl groups is 1. The zero-order chi connectivity index (χ0) is 19.0. The van der Waals surface area contributed by atoms with Crippen LogP contribution in [0.2, 0.25) is 5.02 Å². The third-order valence-electron chi connectivity index (χ3n) is 4.00. The number of benzene rings is 2. The number of hydrogen-bond acceptors (Lipinski definition) is 4. The Balaban J connectivity index is 1.81. The molecule has 0 aliphatic rings. The predicted molar refractivity (Wildman–Crippen MR) is 96.7 cm³/mol. The Bertz CT molecular complexity index is 1150. The molecule has 0 unspecified atom stereocenters. The first-order chi connectivity index (χ1) is 13.1. The van der Waals surface area contributed by atoms with E-state index in [1.54, 1.807) is 12.1 Å². The predicted octanol–water partition coefficient (Wildman–Crippen LogP) is 4.84. The van der Waals surface area contributed by atoms with Crippen LogP contribution in [0.25, 0.3) is 22.3 Å². The Hall–Kier alpha value is -3.03. The third kappa shape index (κ3) is 3.22. The molecule has 0 aliphatic carbocycles. The maximum atomic E-state index is 13.9. The van der Waals surface area contributed by atoms with Gasteiger partial charge in [0.1, 0.15) is 5.82 Å². The van der Waals surface area contributed by atoms with Crippen molar-refractivity contribution in [1.29, 1.82) is 0 Å². The minimum absolute atomic E-state index is 0.0206. The van der Waals surface area contributed by atoms with E-state index in [1.165, 1.54) is 0 Å². The van der Waals surface area contributed by atoms with Crippen molar-refractivity contribution in [1.82, 2.24) is 15.2 Å². The van der Waals surface area contributed by atoms with Gasteiger partial charge in [0.25, 0.3) is 0 Å². The molecule has 2 N–H and O–H groups in total. The highest BCUT2D eigenvalue weighted by molar-refractivity contribution is 6.33. The molecule has 4 aromatic rings. The molecule has 0 atom stereocenters. The van der Waals surface area contributed by atoms with Crippen molar-refractivity contribution in [3.05, 3.63) is 70.8 Å². The van der Waals surface area contributed by atoms with E-state index in [-0.39, 0.29) is 11.6 Å². The fraction of sp³-hybridized carbons (Fsp3) is 0.0526. The number of H-pyrrole nitrogens is 1. The van der Waals surface area contributed by atoms with E-state index in [2.05, 4.69) is 15.2 Å². The number of aliphatic hydroxyl groups excluding tert-OH is 1. The van der Waals surface area contributed by atoms with Crippen LogP contribution in [0.1, 0.15) is 5.56 Å². The standard InChI is InChI=1S/C19H12ClF2N3O2/c20-14-4-2-1-3-12(14)17-13-7-10(9-26)19(23-18(13)25-24-17)27-16-6-5-11(21)8-15(16)22/h1-8,26H,9H2,(H,23,24,25). The normalized spacial score (nSPS) is 11.1. The van der Waals surface area contributed by atoms with Crippen LogP contribution in [-0.4, -0.2) is 20.3 Å². The van der Waals surface area contributed by atoms with E-state index >= 15 is 0 Å². The Morgan fingerprint density at radius 3 is 2.67 bits per heavy atom. The van der Waals surface area contributed by atoms with Crippen LogP contribution in [0.4, 0.5) is 8.78 Å². The molecule has 27 heavy (non-hydrogen) atoms. The van der Waals surface area contributed by atoms with Gasteiger partial charge in [-0.25, -0.2) is 8.78 Å². The lowest BCUT2D eigenvalue weighted by Gasteiger charge is -2.10. The van der Waals surface area contributed by atoms with Crippen LogP contribution in [0.3, 0.4) is 0 Å². The highest BCUT2D eigenvalue weighted by Crippen LogP contribution is 2.34. The molecule has 4 rings (SSSR count). The number of aromatic amines is 1. The Morgan fingerprint density at radius 1 is 1.11 bits per heavy atom. The zero-order valence-electron chi connectivity index (χ0n) is 13.7. The fourth-order valence-electron chi connectivity index (χ4n) is 2.70. The van der Waals surface area contributed by atoms with Gasteiger partial charge in [0.2, 0.25) is 5.88 Å². The molecule has 2 aromatic heterocycles. The van der Waals surface area contributed by atoms with Gasteiger partial charge < -0.3 is 9.84 Å². The van der Waals surface area contributed by atoms with Gasteiger partial charge >= 0.3 is 0 Å². The molecule has 0 saturated heterocycles. The second-order valence-corrected chi connectivity index (χ2v) is 6.14. The summed E-state index contributed by atoms with van der Waals surface area (Å²) in [6.45, 7) is -0.395. The lowest BCUT2D eigenvalue weighted by Crippen LogP contribution is -1.97. The van der Waals surface area contributed by atoms with Crippen LogP contribution in [0.5, 0.6) is 11.6 Å². The second kappa shape index (κ2) is 6.94. The summed E-state index contributed by atoms with van der Waals surface area (Å²) in [7, 11) is 0. The van der Waals surface area contributed by atoms with Crippen molar-refractivity contribution in [3.63, 3.8) is 0 Å². The first kappa shape index (κ1) is 17.4. The van der Waals surface area contributed by atoms with Gasteiger partial charge in [-0.3, -0.25) is 5.10 Å². The van der Waals surface area contributed by atoms with Crippen molar-refractivity contribution in [2.24, 2.45) is 0 Å². The largest absolute Gasteiger partial charge is 0.435 e. The second-order valence-electron chi connectivity index (χ2n) is 5.74. The van der Waals surface area contributed by atoms with Gasteiger partial charge in [-0.2, -0.15) is 10.1 Å². The summed E-state index contributed by atoms with van der Waals surface area (Å²) < 4.78 is 32.4. The van der Waals surface area contributed by atoms with E-state index < -0.39 is 18.2 Å². The molecule has 0 bridgehead atoms. The summed E-state index contributed by atoms with van der Waals surface area (Å²) in [5, 5.41) is 17.9. The summed E-state index contributed by atoms with van der Waals surface area (Å²) in [6, 6.07) is 11.8. The van der Waals surface area contributed by atoms with Gasteiger partial charge in [-0.15, -0.1) is 0 Å². The summed E-state index contributed by atoms with van der Waals surface area (Å²) in [5.74, 6) is -1.82. The van der Waals surface area contributed by atoms with Crippen LogP contribution in [0, 0.1) is 11.6 Å². The maximum Gasteiger partial charge on any atom is 0.227 e. The van der Waals surface area contributed by atoms with E-state index in [0.717, 1.165) is 17.7 Å². The molecular formula is C19H12ClF2N3O2. The van der Waals surface area contributed by atoms with Crippen molar-refractivity contribution < 1.29 is 18.6 Å². The van der Waals surface area contributed by atoms with Crippen molar-refractivity contribution >= 4 is 22.6 Å². The van der Waals surface area contributed by atoms with E-state index in [0.29, 0.717) is 33.4 Å². The van der Waals surface area contributed by atoms with Gasteiger partial charge in [-0.1, -0.05) is 29.8 Å². The SMILES string of the molecule is OCc1cc2c(-c3ccccc3Cl)[nH]nc2nc1Oc1ccc(F)cc1F. The topological polar surface area (TPSA) is 71.0 Å². The van der Waals surface area contributed by atoms with Crippen LogP contribution in [0.15, 0.2) is 48.5 Å². The van der Waals surface area contributed by atoms with Crippen molar-refractivity contribution in [2.45, 2.75) is 6.61 Å². The molecule has 0 fully saturated rings. The number of pyridine rings is 1. The number of ether oxygens (including phenoxy) is 1. The summed E-state index contributed by atoms with van der Waals surface area (Å²) in [6.07, 6.45) is 0. The molecule has 0 amide bonds. The quantitative estimate of drug-likeness (QED) is 0.525. The number of fused-ring (bicyclic) bond motifs is 1. The average molecular weight is 388 g/mol. The number of hydrogen-bond donors (Lipinski definition) is 2.